The molecule has 1 aromatic heterocycles. The number of guanidine groups is 1. The Labute approximate surface area is 168 Å². The fourth-order valence-corrected chi connectivity index (χ4v) is 2.89. The summed E-state index contributed by atoms with van der Waals surface area (Å²) in [5.41, 5.74) is 2.26. The number of hydrogen-bond acceptors (Lipinski definition) is 4. The van der Waals surface area contributed by atoms with Crippen LogP contribution in [0.4, 0.5) is 0 Å². The summed E-state index contributed by atoms with van der Waals surface area (Å²) >= 11 is 0. The lowest BCUT2D eigenvalue weighted by atomic mass is 10.1. The Balaban J connectivity index is 0.00000312. The van der Waals surface area contributed by atoms with Crippen LogP contribution in [0.2, 0.25) is 0 Å². The van der Waals surface area contributed by atoms with Gasteiger partial charge in [0.15, 0.2) is 5.96 Å². The summed E-state index contributed by atoms with van der Waals surface area (Å²) in [6, 6.07) is 4.05. The number of nitrogens with zero attached hydrogens (tertiary/aromatic N) is 3. The number of aromatic nitrogens is 1. The molecule has 0 unspecified atom stereocenters. The molecule has 25 heavy (non-hydrogen) atoms. The number of ether oxygens (including phenoxy) is 2. The molecule has 7 heteroatoms. The maximum Gasteiger partial charge on any atom is 0.193 e. The number of pyridine rings is 1. The molecule has 0 aromatic carbocycles. The highest BCUT2D eigenvalue weighted by atomic mass is 127. The second-order valence-corrected chi connectivity index (χ2v) is 6.07. The summed E-state index contributed by atoms with van der Waals surface area (Å²) in [6.45, 7) is 6.27. The van der Waals surface area contributed by atoms with Crippen molar-refractivity contribution in [3.8, 4) is 0 Å². The number of nitrogens with one attached hydrogen (secondary N) is 1. The zero-order chi connectivity index (χ0) is 17.2. The van der Waals surface area contributed by atoms with Gasteiger partial charge in [0.1, 0.15) is 0 Å². The molecule has 1 aliphatic rings. The van der Waals surface area contributed by atoms with Crippen LogP contribution in [0.25, 0.3) is 0 Å². The fraction of sp³-hybridized carbons (Fsp3) is 0.667. The number of aliphatic imine (C=N–C) groups is 1. The quantitative estimate of drug-likeness (QED) is 0.292. The van der Waals surface area contributed by atoms with E-state index in [4.69, 9.17) is 9.47 Å². The third-order valence-corrected chi connectivity index (χ3v) is 4.33. The molecular weight excluding hydrogens is 431 g/mol. The van der Waals surface area contributed by atoms with E-state index < -0.39 is 0 Å². The number of hydrogen-bond donors (Lipinski definition) is 1. The predicted molar refractivity (Wildman–Crippen MR) is 112 cm³/mol. The summed E-state index contributed by atoms with van der Waals surface area (Å²) < 4.78 is 11.0. The number of rotatable bonds is 7. The van der Waals surface area contributed by atoms with E-state index in [2.05, 4.69) is 33.2 Å². The molecular formula is C18H31IN4O2. The molecule has 1 aromatic rings. The second-order valence-electron chi connectivity index (χ2n) is 6.07. The number of aryl methyl sites for hydroxylation is 1. The molecule has 1 N–H and O–H groups in total. The van der Waals surface area contributed by atoms with Crippen LogP contribution in [0.15, 0.2) is 23.3 Å². The zero-order valence-electron chi connectivity index (χ0n) is 15.5. The standard InChI is InChI=1S/C18H30N4O2.HI/c1-15-6-4-9-20-17(15)14-21-18(19-2)22-10-7-16(8-11-22)24-13-5-12-23-3;/h4,6,9,16H,5,7-8,10-14H2,1-3H3,(H,19,21);1H. The average molecular weight is 462 g/mol. The molecule has 2 heterocycles. The Kier molecular flexibility index (Phi) is 11.0. The predicted octanol–water partition coefficient (Wildman–Crippen LogP) is 2.60. The summed E-state index contributed by atoms with van der Waals surface area (Å²) in [6.07, 6.45) is 5.23. The van der Waals surface area contributed by atoms with E-state index >= 15 is 0 Å². The zero-order valence-corrected chi connectivity index (χ0v) is 17.9. The van der Waals surface area contributed by atoms with E-state index in [9.17, 15) is 0 Å². The van der Waals surface area contributed by atoms with Crippen molar-refractivity contribution in [1.29, 1.82) is 0 Å². The maximum atomic E-state index is 5.91. The lowest BCUT2D eigenvalue weighted by Crippen LogP contribution is -2.46. The first-order valence-corrected chi connectivity index (χ1v) is 8.71. The highest BCUT2D eigenvalue weighted by molar-refractivity contribution is 14.0. The van der Waals surface area contributed by atoms with Crippen molar-refractivity contribution in [2.45, 2.75) is 38.8 Å². The Bertz CT molecular complexity index is 520. The molecule has 1 fully saturated rings. The van der Waals surface area contributed by atoms with Gasteiger partial charge in [-0.2, -0.15) is 0 Å². The van der Waals surface area contributed by atoms with Crippen LogP contribution in [-0.4, -0.2) is 62.4 Å². The van der Waals surface area contributed by atoms with Crippen molar-refractivity contribution in [2.75, 3.05) is 40.5 Å². The smallest absolute Gasteiger partial charge is 0.193 e. The number of methoxy groups -OCH3 is 1. The number of piperidine rings is 1. The molecule has 6 nitrogen and oxygen atoms in total. The van der Waals surface area contributed by atoms with Crippen LogP contribution in [0.3, 0.4) is 0 Å². The molecule has 0 atom stereocenters. The summed E-state index contributed by atoms with van der Waals surface area (Å²) in [7, 11) is 3.56. The first-order valence-electron chi connectivity index (χ1n) is 8.71. The topological polar surface area (TPSA) is 59.0 Å². The van der Waals surface area contributed by atoms with E-state index in [1.165, 1.54) is 5.56 Å². The van der Waals surface area contributed by atoms with Crippen LogP contribution in [0.1, 0.15) is 30.5 Å². The van der Waals surface area contributed by atoms with Crippen LogP contribution in [0.5, 0.6) is 0 Å². The van der Waals surface area contributed by atoms with Gasteiger partial charge in [0, 0.05) is 46.7 Å². The normalized spacial score (nSPS) is 15.8. The van der Waals surface area contributed by atoms with Gasteiger partial charge in [0.05, 0.1) is 18.3 Å². The third-order valence-electron chi connectivity index (χ3n) is 4.33. The highest BCUT2D eigenvalue weighted by Gasteiger charge is 2.21. The molecule has 142 valence electrons. The first kappa shape index (κ1) is 22.1. The van der Waals surface area contributed by atoms with E-state index in [1.54, 1.807) is 7.11 Å². The van der Waals surface area contributed by atoms with Gasteiger partial charge in [-0.25, -0.2) is 0 Å². The molecule has 0 spiro atoms. The van der Waals surface area contributed by atoms with Crippen molar-refractivity contribution in [2.24, 2.45) is 4.99 Å². The van der Waals surface area contributed by atoms with Gasteiger partial charge in [0.25, 0.3) is 0 Å². The minimum absolute atomic E-state index is 0. The lowest BCUT2D eigenvalue weighted by Gasteiger charge is -2.34. The van der Waals surface area contributed by atoms with Crippen LogP contribution in [-0.2, 0) is 16.0 Å². The molecule has 0 saturated carbocycles. The molecule has 0 amide bonds. The van der Waals surface area contributed by atoms with Gasteiger partial charge in [0.2, 0.25) is 0 Å². The summed E-state index contributed by atoms with van der Waals surface area (Å²) in [5.74, 6) is 0.942. The largest absolute Gasteiger partial charge is 0.385 e. The molecule has 1 saturated heterocycles. The maximum absolute atomic E-state index is 5.91. The third kappa shape index (κ3) is 7.45. The van der Waals surface area contributed by atoms with Crippen molar-refractivity contribution in [3.63, 3.8) is 0 Å². The van der Waals surface area contributed by atoms with E-state index in [-0.39, 0.29) is 24.0 Å². The minimum Gasteiger partial charge on any atom is -0.385 e. The molecule has 0 aliphatic carbocycles. The molecule has 1 aliphatic heterocycles. The van der Waals surface area contributed by atoms with Gasteiger partial charge >= 0.3 is 0 Å². The molecule has 0 radical (unpaired) electrons. The van der Waals surface area contributed by atoms with Crippen molar-refractivity contribution < 1.29 is 9.47 Å². The van der Waals surface area contributed by atoms with Gasteiger partial charge in [-0.1, -0.05) is 6.07 Å². The van der Waals surface area contributed by atoms with Crippen LogP contribution >= 0.6 is 24.0 Å². The highest BCUT2D eigenvalue weighted by Crippen LogP contribution is 2.14. The fourth-order valence-electron chi connectivity index (χ4n) is 2.89. The van der Waals surface area contributed by atoms with E-state index in [0.717, 1.165) is 57.2 Å². The Morgan fingerprint density at radius 3 is 2.76 bits per heavy atom. The molecule has 2 rings (SSSR count). The lowest BCUT2D eigenvalue weighted by molar-refractivity contribution is 0.00989. The molecule has 0 bridgehead atoms. The SMILES string of the molecule is CN=C(NCc1ncccc1C)N1CCC(OCCCOC)CC1.I. The Morgan fingerprint density at radius 1 is 1.36 bits per heavy atom. The van der Waals surface area contributed by atoms with Crippen molar-refractivity contribution >= 4 is 29.9 Å². The monoisotopic (exact) mass is 462 g/mol. The second kappa shape index (κ2) is 12.4. The van der Waals surface area contributed by atoms with Crippen molar-refractivity contribution in [3.05, 3.63) is 29.6 Å². The summed E-state index contributed by atoms with van der Waals surface area (Å²) in [4.78, 5) is 11.1. The van der Waals surface area contributed by atoms with Crippen molar-refractivity contribution in [1.82, 2.24) is 15.2 Å². The van der Waals surface area contributed by atoms with Crippen LogP contribution < -0.4 is 5.32 Å². The van der Waals surface area contributed by atoms with E-state index in [0.29, 0.717) is 12.6 Å². The number of likely N-dealkylation sites (tertiary alicyclic amines) is 1. The number of halogens is 1. The Hall–Kier alpha value is -0.930. The van der Waals surface area contributed by atoms with E-state index in [1.807, 2.05) is 19.3 Å². The van der Waals surface area contributed by atoms with Gasteiger partial charge in [-0.3, -0.25) is 9.98 Å². The van der Waals surface area contributed by atoms with Gasteiger partial charge < -0.3 is 19.7 Å². The van der Waals surface area contributed by atoms with Crippen LogP contribution in [0, 0.1) is 6.92 Å². The van der Waals surface area contributed by atoms with Gasteiger partial charge in [-0.15, -0.1) is 24.0 Å². The minimum atomic E-state index is 0. The first-order chi connectivity index (χ1) is 11.7. The van der Waals surface area contributed by atoms with Gasteiger partial charge in [-0.05, 0) is 37.8 Å². The average Bonchev–Trinajstić information content (AvgIpc) is 2.62. The Morgan fingerprint density at radius 2 is 2.12 bits per heavy atom. The summed E-state index contributed by atoms with van der Waals surface area (Å²) in [5, 5.41) is 3.43.